The van der Waals surface area contributed by atoms with Gasteiger partial charge in [0.2, 0.25) is 23.6 Å². The number of carboxylic acid groups (broad SMARTS) is 1. The molecule has 18 heteroatoms. The van der Waals surface area contributed by atoms with Gasteiger partial charge >= 0.3 is 5.97 Å². The normalized spacial score (nSPS) is 14.2. The molecule has 2 aromatic carbocycles. The van der Waals surface area contributed by atoms with Crippen LogP contribution in [-0.4, -0.2) is 114 Å². The molecule has 0 spiro atoms. The number of amidine groups is 1. The smallest absolute Gasteiger partial charge is 0.304 e. The molecule has 0 fully saturated rings. The highest BCUT2D eigenvalue weighted by molar-refractivity contribution is 7.80. The molecule has 0 saturated heterocycles. The maximum atomic E-state index is 13.3. The molecule has 0 aliphatic carbocycles. The summed E-state index contributed by atoms with van der Waals surface area (Å²) in [6, 6.07) is 11.3. The van der Waals surface area contributed by atoms with Gasteiger partial charge in [0, 0.05) is 43.2 Å². The van der Waals surface area contributed by atoms with Crippen LogP contribution in [0.4, 0.5) is 5.69 Å². The molecule has 0 aromatic heterocycles. The number of aliphatic hydroxyl groups excluding tert-OH is 1. The molecule has 1 heterocycles. The number of nitrogens with one attached hydrogen (secondary N) is 5. The molecule has 0 saturated carbocycles. The van der Waals surface area contributed by atoms with Crippen molar-refractivity contribution in [2.75, 3.05) is 56.5 Å². The Kier molecular flexibility index (Phi) is 15.2. The van der Waals surface area contributed by atoms with Gasteiger partial charge in [0.05, 0.1) is 32.1 Å². The SMILES string of the molecule is N=C(N)c1ccc(COc2ccc3c(c2)CN(CCC(=O)O)CC(=O)N3CC(=O)NCCNCC(=O)NCC(O)NC(CS)C(N)=O)cc1. The van der Waals surface area contributed by atoms with E-state index in [9.17, 15) is 34.2 Å². The number of hydrogen-bond donors (Lipinski definition) is 10. The third-order valence-corrected chi connectivity index (χ3v) is 7.70. The van der Waals surface area contributed by atoms with Crippen LogP contribution in [-0.2, 0) is 37.1 Å². The Hall–Kier alpha value is -4.75. The van der Waals surface area contributed by atoms with E-state index in [-0.39, 0.29) is 82.9 Å². The molecule has 2 aromatic rings. The van der Waals surface area contributed by atoms with E-state index in [0.717, 1.165) is 5.56 Å². The maximum absolute atomic E-state index is 13.3. The first-order chi connectivity index (χ1) is 23.4. The van der Waals surface area contributed by atoms with Crippen LogP contribution in [0.5, 0.6) is 5.75 Å². The third kappa shape index (κ3) is 13.0. The average Bonchev–Trinajstić information content (AvgIpc) is 3.19. The lowest BCUT2D eigenvalue weighted by atomic mass is 10.1. The van der Waals surface area contributed by atoms with Crippen molar-refractivity contribution in [1.82, 2.24) is 26.2 Å². The minimum Gasteiger partial charge on any atom is -0.489 e. The lowest BCUT2D eigenvalue weighted by Gasteiger charge is -2.23. The lowest BCUT2D eigenvalue weighted by molar-refractivity contribution is -0.137. The molecule has 1 aliphatic heterocycles. The number of carbonyl (C=O) groups excluding carboxylic acids is 4. The highest BCUT2D eigenvalue weighted by Crippen LogP contribution is 2.30. The summed E-state index contributed by atoms with van der Waals surface area (Å²) in [6.45, 7) is 0.353. The van der Waals surface area contributed by atoms with E-state index < -0.39 is 36.0 Å². The summed E-state index contributed by atoms with van der Waals surface area (Å²) >= 11 is 3.97. The van der Waals surface area contributed by atoms with Crippen LogP contribution in [0, 0.1) is 5.41 Å². The summed E-state index contributed by atoms with van der Waals surface area (Å²) in [5, 5.41) is 37.2. The summed E-state index contributed by atoms with van der Waals surface area (Å²) in [4.78, 5) is 63.8. The first kappa shape index (κ1) is 38.7. The fourth-order valence-corrected chi connectivity index (χ4v) is 5.05. The number of rotatable bonds is 20. The Morgan fingerprint density at radius 1 is 1.02 bits per heavy atom. The third-order valence-electron chi connectivity index (χ3n) is 7.33. The molecular formula is C31H43N9O8S. The van der Waals surface area contributed by atoms with Gasteiger partial charge in [0.1, 0.15) is 31.0 Å². The van der Waals surface area contributed by atoms with Gasteiger partial charge in [-0.25, -0.2) is 0 Å². The van der Waals surface area contributed by atoms with E-state index in [2.05, 4.69) is 33.9 Å². The number of nitrogens with two attached hydrogens (primary N) is 2. The standard InChI is InChI=1S/C31H43N9O8S/c32-30(33)20-3-1-19(2-4-20)17-48-22-5-6-24-21(11-22)14-39(10-7-29(45)46)16-28(44)40(24)15-27(43)36-9-8-35-12-25(41)37-13-26(42)38-23(18-49)31(34)47/h1-6,11,23,26,35,38,42,49H,7-10,12-18H2,(H3,32,33)(H2,34,47)(H,36,43)(H,37,41)(H,45,46). The Morgan fingerprint density at radius 2 is 1.76 bits per heavy atom. The largest absolute Gasteiger partial charge is 0.489 e. The predicted molar refractivity (Wildman–Crippen MR) is 183 cm³/mol. The van der Waals surface area contributed by atoms with Gasteiger partial charge in [-0.15, -0.1) is 0 Å². The number of nitrogen functional groups attached to an aromatic ring is 1. The van der Waals surface area contributed by atoms with Gasteiger partial charge in [-0.1, -0.05) is 24.3 Å². The first-order valence-corrected chi connectivity index (χ1v) is 16.0. The number of carbonyl (C=O) groups is 5. The van der Waals surface area contributed by atoms with Gasteiger partial charge < -0.3 is 47.3 Å². The van der Waals surface area contributed by atoms with Crippen LogP contribution in [0.1, 0.15) is 23.1 Å². The second-order valence-electron chi connectivity index (χ2n) is 11.2. The summed E-state index contributed by atoms with van der Waals surface area (Å²) in [5.41, 5.74) is 13.3. The van der Waals surface area contributed by atoms with Crippen molar-refractivity contribution < 1.29 is 38.9 Å². The number of nitrogens with zero attached hydrogens (tertiary/aromatic N) is 2. The Labute approximate surface area is 288 Å². The van der Waals surface area contributed by atoms with E-state index in [1.54, 1.807) is 47.4 Å². The van der Waals surface area contributed by atoms with Gasteiger partial charge in [-0.3, -0.25) is 39.6 Å². The monoisotopic (exact) mass is 701 g/mol. The summed E-state index contributed by atoms with van der Waals surface area (Å²) in [5.74, 6) is -2.37. The molecule has 1 aliphatic rings. The van der Waals surface area contributed by atoms with E-state index in [1.807, 2.05) is 0 Å². The van der Waals surface area contributed by atoms with Gasteiger partial charge in [0.25, 0.3) is 0 Å². The second-order valence-corrected chi connectivity index (χ2v) is 11.5. The zero-order valence-electron chi connectivity index (χ0n) is 26.8. The van der Waals surface area contributed by atoms with Crippen molar-refractivity contribution in [1.29, 1.82) is 5.41 Å². The van der Waals surface area contributed by atoms with Gasteiger partial charge in [0.15, 0.2) is 0 Å². The van der Waals surface area contributed by atoms with Crippen molar-refractivity contribution in [2.45, 2.75) is 31.8 Å². The number of fused-ring (bicyclic) bond motifs is 1. The molecule has 4 amide bonds. The quantitative estimate of drug-likeness (QED) is 0.0230. The van der Waals surface area contributed by atoms with Crippen molar-refractivity contribution in [3.05, 3.63) is 59.2 Å². The van der Waals surface area contributed by atoms with Crippen molar-refractivity contribution in [3.8, 4) is 5.75 Å². The lowest BCUT2D eigenvalue weighted by Crippen LogP contribution is -2.52. The Morgan fingerprint density at radius 3 is 2.41 bits per heavy atom. The van der Waals surface area contributed by atoms with Crippen LogP contribution >= 0.6 is 12.6 Å². The number of primary amides is 1. The molecule has 0 radical (unpaired) electrons. The number of aliphatic hydroxyl groups is 1. The number of anilines is 1. The zero-order chi connectivity index (χ0) is 35.9. The molecule has 2 atom stereocenters. The number of aliphatic carboxylic acids is 1. The molecule has 2 unspecified atom stereocenters. The van der Waals surface area contributed by atoms with Gasteiger partial charge in [-0.2, -0.15) is 12.6 Å². The van der Waals surface area contributed by atoms with Gasteiger partial charge in [-0.05, 0) is 29.3 Å². The number of thiol groups is 1. The number of amides is 4. The Bertz CT molecular complexity index is 1490. The number of carboxylic acids is 1. The number of ether oxygens (including phenoxy) is 1. The minimum atomic E-state index is -1.21. The Balaban J connectivity index is 1.54. The molecule has 11 N–H and O–H groups in total. The minimum absolute atomic E-state index is 0.0366. The molecule has 266 valence electrons. The fourth-order valence-electron chi connectivity index (χ4n) is 4.76. The van der Waals surface area contributed by atoms with E-state index in [1.165, 1.54) is 4.90 Å². The topological polar surface area (TPSA) is 266 Å². The predicted octanol–water partition coefficient (Wildman–Crippen LogP) is -2.31. The van der Waals surface area contributed by atoms with E-state index in [4.69, 9.17) is 21.6 Å². The molecule has 17 nitrogen and oxygen atoms in total. The van der Waals surface area contributed by atoms with Crippen LogP contribution < -0.4 is 42.4 Å². The summed E-state index contributed by atoms with van der Waals surface area (Å²) in [7, 11) is 0. The molecular weight excluding hydrogens is 658 g/mol. The van der Waals surface area contributed by atoms with Crippen LogP contribution in [0.2, 0.25) is 0 Å². The molecule has 0 bridgehead atoms. The first-order valence-electron chi connectivity index (χ1n) is 15.4. The highest BCUT2D eigenvalue weighted by Gasteiger charge is 2.28. The van der Waals surface area contributed by atoms with Crippen LogP contribution in [0.25, 0.3) is 0 Å². The second kappa shape index (κ2) is 19.3. The van der Waals surface area contributed by atoms with E-state index in [0.29, 0.717) is 22.6 Å². The summed E-state index contributed by atoms with van der Waals surface area (Å²) in [6.07, 6.45) is -1.37. The summed E-state index contributed by atoms with van der Waals surface area (Å²) < 4.78 is 5.97. The number of benzene rings is 2. The van der Waals surface area contributed by atoms with E-state index >= 15 is 0 Å². The van der Waals surface area contributed by atoms with Crippen molar-refractivity contribution in [3.63, 3.8) is 0 Å². The zero-order valence-corrected chi connectivity index (χ0v) is 27.7. The van der Waals surface area contributed by atoms with Crippen LogP contribution in [0.15, 0.2) is 42.5 Å². The van der Waals surface area contributed by atoms with Crippen molar-refractivity contribution >= 4 is 53.7 Å². The molecule has 49 heavy (non-hydrogen) atoms. The van der Waals surface area contributed by atoms with Crippen LogP contribution in [0.3, 0.4) is 0 Å². The highest BCUT2D eigenvalue weighted by atomic mass is 32.1. The maximum Gasteiger partial charge on any atom is 0.304 e. The number of hydrogen-bond acceptors (Lipinski definition) is 12. The van der Waals surface area contributed by atoms with Crippen molar-refractivity contribution in [2.24, 2.45) is 11.5 Å². The fraction of sp³-hybridized carbons (Fsp3) is 0.419. The average molecular weight is 702 g/mol. The molecule has 3 rings (SSSR count).